The molecular formula is C17H27NO8. The van der Waals surface area contributed by atoms with Gasteiger partial charge in [-0.1, -0.05) is 27.7 Å². The van der Waals surface area contributed by atoms with Crippen molar-refractivity contribution < 1.29 is 38.5 Å². The molecule has 0 fully saturated rings. The number of carbonyl (C=O) groups excluding carboxylic acids is 4. The van der Waals surface area contributed by atoms with E-state index in [9.17, 15) is 24.3 Å². The summed E-state index contributed by atoms with van der Waals surface area (Å²) >= 11 is 0. The molecule has 0 saturated carbocycles. The zero-order valence-corrected chi connectivity index (χ0v) is 15.9. The van der Waals surface area contributed by atoms with Gasteiger partial charge in [-0.2, -0.15) is 0 Å². The lowest BCUT2D eigenvalue weighted by Crippen LogP contribution is -2.53. The van der Waals surface area contributed by atoms with Gasteiger partial charge in [-0.05, 0) is 5.92 Å². The van der Waals surface area contributed by atoms with Gasteiger partial charge in [0.25, 0.3) is 0 Å². The predicted octanol–water partition coefficient (Wildman–Crippen LogP) is -0.0403. The quantitative estimate of drug-likeness (QED) is 0.327. The van der Waals surface area contributed by atoms with Crippen molar-refractivity contribution in [3.8, 4) is 0 Å². The third kappa shape index (κ3) is 7.64. The van der Waals surface area contributed by atoms with E-state index in [0.717, 1.165) is 19.3 Å². The summed E-state index contributed by atoms with van der Waals surface area (Å²) in [5.41, 5.74) is -1.14. The molecule has 0 aromatic rings. The van der Waals surface area contributed by atoms with Gasteiger partial charge in [0.2, 0.25) is 5.91 Å². The smallest absolute Gasteiger partial charge is 0.331 e. The van der Waals surface area contributed by atoms with Crippen LogP contribution in [0.5, 0.6) is 0 Å². The minimum Gasteiger partial charge on any atom is -0.467 e. The minimum atomic E-state index is -1.55. The van der Waals surface area contributed by atoms with E-state index in [4.69, 9.17) is 4.74 Å². The normalized spacial score (nSPS) is 13.8. The molecule has 26 heavy (non-hydrogen) atoms. The number of hydrogen-bond donors (Lipinski definition) is 2. The maximum Gasteiger partial charge on any atom is 0.331 e. The van der Waals surface area contributed by atoms with Gasteiger partial charge in [0.1, 0.15) is 12.1 Å². The lowest BCUT2D eigenvalue weighted by Gasteiger charge is -2.30. The lowest BCUT2D eigenvalue weighted by molar-refractivity contribution is -0.152. The molecule has 2 atom stereocenters. The fourth-order valence-electron chi connectivity index (χ4n) is 1.80. The van der Waals surface area contributed by atoms with Gasteiger partial charge in [0, 0.05) is 17.6 Å². The number of esters is 3. The number of hydrogen-bond acceptors (Lipinski definition) is 8. The Bertz CT molecular complexity index is 553. The molecule has 0 aliphatic heterocycles. The van der Waals surface area contributed by atoms with Crippen LogP contribution in [0.2, 0.25) is 0 Å². The number of aliphatic hydroxyl groups excluding tert-OH is 1. The topological polar surface area (TPSA) is 128 Å². The van der Waals surface area contributed by atoms with Crippen molar-refractivity contribution in [2.45, 2.75) is 39.8 Å². The van der Waals surface area contributed by atoms with Crippen LogP contribution in [0.25, 0.3) is 0 Å². The highest BCUT2D eigenvalue weighted by molar-refractivity contribution is 5.91. The second-order valence-electron chi connectivity index (χ2n) is 6.61. The highest BCUT2D eigenvalue weighted by Crippen LogP contribution is 2.22. The zero-order chi connectivity index (χ0) is 20.5. The zero-order valence-electron chi connectivity index (χ0n) is 15.9. The Balaban J connectivity index is 4.83. The summed E-state index contributed by atoms with van der Waals surface area (Å²) in [4.78, 5) is 46.4. The molecule has 0 aliphatic carbocycles. The SMILES string of the molecule is COC(=O)/C=C/C(=O)OCC(C)(C)[C@@H](O)C(=O)N[C@H](C(=O)OC)C(C)C. The van der Waals surface area contributed by atoms with Crippen molar-refractivity contribution in [1.82, 2.24) is 5.32 Å². The Labute approximate surface area is 152 Å². The lowest BCUT2D eigenvalue weighted by atomic mass is 9.86. The average molecular weight is 373 g/mol. The van der Waals surface area contributed by atoms with Gasteiger partial charge in [-0.3, -0.25) is 4.79 Å². The summed E-state index contributed by atoms with van der Waals surface area (Å²) in [6.45, 7) is 6.16. The van der Waals surface area contributed by atoms with Crippen molar-refractivity contribution in [3.05, 3.63) is 12.2 Å². The fourth-order valence-corrected chi connectivity index (χ4v) is 1.80. The van der Waals surface area contributed by atoms with Gasteiger partial charge >= 0.3 is 17.9 Å². The number of rotatable bonds is 9. The van der Waals surface area contributed by atoms with Crippen molar-refractivity contribution in [1.29, 1.82) is 0 Å². The van der Waals surface area contributed by atoms with E-state index < -0.39 is 41.4 Å². The molecule has 0 saturated heterocycles. The summed E-state index contributed by atoms with van der Waals surface area (Å²) in [6.07, 6.45) is 0.216. The Morgan fingerprint density at radius 3 is 2.04 bits per heavy atom. The molecule has 9 nitrogen and oxygen atoms in total. The fraction of sp³-hybridized carbons (Fsp3) is 0.647. The highest BCUT2D eigenvalue weighted by atomic mass is 16.5. The summed E-state index contributed by atoms with van der Waals surface area (Å²) in [7, 11) is 2.36. The highest BCUT2D eigenvalue weighted by Gasteiger charge is 2.37. The predicted molar refractivity (Wildman–Crippen MR) is 90.7 cm³/mol. The van der Waals surface area contributed by atoms with Crippen LogP contribution in [-0.2, 0) is 33.4 Å². The van der Waals surface area contributed by atoms with E-state index >= 15 is 0 Å². The molecule has 0 bridgehead atoms. The molecule has 1 amide bonds. The van der Waals surface area contributed by atoms with Crippen LogP contribution in [-0.4, -0.2) is 61.9 Å². The van der Waals surface area contributed by atoms with E-state index in [2.05, 4.69) is 14.8 Å². The summed E-state index contributed by atoms with van der Waals surface area (Å²) in [6, 6.07) is -0.913. The molecule has 2 N–H and O–H groups in total. The molecule has 0 spiro atoms. The average Bonchev–Trinajstić information content (AvgIpc) is 2.60. The summed E-state index contributed by atoms with van der Waals surface area (Å²) in [5.74, 6) is -3.21. The number of nitrogens with one attached hydrogen (secondary N) is 1. The van der Waals surface area contributed by atoms with Gasteiger partial charge < -0.3 is 24.6 Å². The maximum atomic E-state index is 12.2. The Morgan fingerprint density at radius 2 is 1.58 bits per heavy atom. The minimum absolute atomic E-state index is 0.247. The summed E-state index contributed by atoms with van der Waals surface area (Å²) < 4.78 is 13.9. The Hall–Kier alpha value is -2.42. The van der Waals surface area contributed by atoms with Crippen LogP contribution < -0.4 is 5.32 Å². The molecule has 9 heteroatoms. The molecule has 0 unspecified atom stereocenters. The third-order valence-corrected chi connectivity index (χ3v) is 3.55. The first-order chi connectivity index (χ1) is 12.0. The molecule has 0 heterocycles. The number of carbonyl (C=O) groups is 4. The first-order valence-corrected chi connectivity index (χ1v) is 7.95. The van der Waals surface area contributed by atoms with E-state index in [-0.39, 0.29) is 12.5 Å². The molecule has 0 aliphatic rings. The monoisotopic (exact) mass is 373 g/mol. The van der Waals surface area contributed by atoms with Crippen molar-refractivity contribution in [2.75, 3.05) is 20.8 Å². The largest absolute Gasteiger partial charge is 0.467 e. The van der Waals surface area contributed by atoms with Gasteiger partial charge in [0.15, 0.2) is 0 Å². The van der Waals surface area contributed by atoms with Gasteiger partial charge in [-0.25, -0.2) is 14.4 Å². The van der Waals surface area contributed by atoms with Gasteiger partial charge in [0.05, 0.1) is 20.8 Å². The molecule has 148 valence electrons. The molecule has 0 radical (unpaired) electrons. The summed E-state index contributed by atoms with van der Waals surface area (Å²) in [5, 5.41) is 12.7. The van der Waals surface area contributed by atoms with Crippen LogP contribution in [0.15, 0.2) is 12.2 Å². The van der Waals surface area contributed by atoms with E-state index in [1.54, 1.807) is 13.8 Å². The molecule has 0 aromatic heterocycles. The van der Waals surface area contributed by atoms with Crippen LogP contribution in [0.1, 0.15) is 27.7 Å². The van der Waals surface area contributed by atoms with Crippen LogP contribution in [0, 0.1) is 11.3 Å². The number of ether oxygens (including phenoxy) is 3. The molecular weight excluding hydrogens is 346 g/mol. The van der Waals surface area contributed by atoms with E-state index in [1.165, 1.54) is 21.0 Å². The Morgan fingerprint density at radius 1 is 1.04 bits per heavy atom. The second kappa shape index (κ2) is 10.5. The molecule has 0 aromatic carbocycles. The third-order valence-electron chi connectivity index (χ3n) is 3.55. The number of methoxy groups -OCH3 is 2. The van der Waals surface area contributed by atoms with E-state index in [0.29, 0.717) is 0 Å². The number of amides is 1. The first-order valence-electron chi connectivity index (χ1n) is 7.95. The van der Waals surface area contributed by atoms with E-state index in [1.807, 2.05) is 0 Å². The van der Waals surface area contributed by atoms with Crippen LogP contribution >= 0.6 is 0 Å². The van der Waals surface area contributed by atoms with Crippen molar-refractivity contribution in [3.63, 3.8) is 0 Å². The van der Waals surface area contributed by atoms with Crippen molar-refractivity contribution in [2.24, 2.45) is 11.3 Å². The Kier molecular flexibility index (Phi) is 9.56. The number of aliphatic hydroxyl groups is 1. The van der Waals surface area contributed by atoms with Crippen molar-refractivity contribution >= 4 is 23.8 Å². The second-order valence-corrected chi connectivity index (χ2v) is 6.61. The van der Waals surface area contributed by atoms with Crippen LogP contribution in [0.3, 0.4) is 0 Å². The first kappa shape index (κ1) is 23.6. The molecule has 0 rings (SSSR count). The maximum absolute atomic E-state index is 12.2. The van der Waals surface area contributed by atoms with Gasteiger partial charge in [-0.15, -0.1) is 0 Å². The van der Waals surface area contributed by atoms with Crippen LogP contribution in [0.4, 0.5) is 0 Å². The standard InChI is InChI=1S/C17H27NO8/c1-10(2)13(16(23)25-6)18-15(22)14(21)17(3,4)9-26-12(20)8-7-11(19)24-5/h7-8,10,13-14,21H,9H2,1-6H3,(H,18,22)/b8-7+/t13-,14-/m0/s1.